The van der Waals surface area contributed by atoms with Crippen LogP contribution in [0.3, 0.4) is 0 Å². The van der Waals surface area contributed by atoms with Crippen LogP contribution in [0.2, 0.25) is 0 Å². The Labute approximate surface area is 155 Å². The number of nitrogens with zero attached hydrogens (tertiary/aromatic N) is 3. The lowest BCUT2D eigenvalue weighted by molar-refractivity contribution is 0.0877. The van der Waals surface area contributed by atoms with Gasteiger partial charge in [-0.05, 0) is 25.7 Å². The van der Waals surface area contributed by atoms with Crippen molar-refractivity contribution in [3.63, 3.8) is 0 Å². The van der Waals surface area contributed by atoms with Gasteiger partial charge in [-0.1, -0.05) is 35.5 Å². The monoisotopic (exact) mass is 368 g/mol. The molecular formula is C19H20N4O4. The summed E-state index contributed by atoms with van der Waals surface area (Å²) in [6.07, 6.45) is 1.56. The number of carbonyl (C=O) groups excluding carboxylic acids is 1. The third kappa shape index (κ3) is 3.90. The van der Waals surface area contributed by atoms with Gasteiger partial charge in [0.1, 0.15) is 6.10 Å². The molecule has 1 saturated carbocycles. The zero-order valence-corrected chi connectivity index (χ0v) is 14.8. The molecule has 4 rings (SSSR count). The predicted molar refractivity (Wildman–Crippen MR) is 94.6 cm³/mol. The fraction of sp³-hybridized carbons (Fsp3) is 0.368. The molecule has 140 valence electrons. The number of aliphatic hydroxyl groups excluding tert-OH is 1. The summed E-state index contributed by atoms with van der Waals surface area (Å²) in [4.78, 5) is 12.3. The number of hydrogen-bond donors (Lipinski definition) is 2. The molecule has 2 N–H and O–H groups in total. The molecule has 1 atom stereocenters. The van der Waals surface area contributed by atoms with Crippen molar-refractivity contribution in [2.24, 2.45) is 5.92 Å². The Morgan fingerprint density at radius 1 is 1.30 bits per heavy atom. The smallest absolute Gasteiger partial charge is 0.273 e. The second kappa shape index (κ2) is 7.32. The van der Waals surface area contributed by atoms with Crippen LogP contribution < -0.4 is 5.32 Å². The Bertz CT molecular complexity index is 913. The van der Waals surface area contributed by atoms with Gasteiger partial charge in [0, 0.05) is 24.1 Å². The van der Waals surface area contributed by atoms with Crippen LogP contribution in [-0.2, 0) is 6.42 Å². The summed E-state index contributed by atoms with van der Waals surface area (Å²) in [6, 6.07) is 11.3. The number of nitrogens with one attached hydrogen (secondary N) is 1. The first-order chi connectivity index (χ1) is 13.1. The molecule has 1 aromatic carbocycles. The van der Waals surface area contributed by atoms with Gasteiger partial charge in [0.05, 0.1) is 0 Å². The highest BCUT2D eigenvalue weighted by Gasteiger charge is 2.32. The normalized spacial score (nSPS) is 20.1. The van der Waals surface area contributed by atoms with E-state index in [2.05, 4.69) is 20.7 Å². The molecular weight excluding hydrogens is 348 g/mol. The van der Waals surface area contributed by atoms with Crippen LogP contribution in [0.25, 0.3) is 11.3 Å². The first-order valence-electron chi connectivity index (χ1n) is 8.92. The summed E-state index contributed by atoms with van der Waals surface area (Å²) in [5.41, 5.74) is 1.15. The van der Waals surface area contributed by atoms with E-state index in [-0.39, 0.29) is 23.5 Å². The largest absolute Gasteiger partial charge is 0.422 e. The summed E-state index contributed by atoms with van der Waals surface area (Å²) < 4.78 is 10.7. The highest BCUT2D eigenvalue weighted by Crippen LogP contribution is 2.31. The molecule has 0 saturated heterocycles. The van der Waals surface area contributed by atoms with Gasteiger partial charge < -0.3 is 19.4 Å². The molecule has 1 unspecified atom stereocenters. The molecule has 1 aliphatic carbocycles. The maximum Gasteiger partial charge on any atom is 0.273 e. The summed E-state index contributed by atoms with van der Waals surface area (Å²) in [7, 11) is 0. The van der Waals surface area contributed by atoms with E-state index in [9.17, 15) is 9.90 Å². The van der Waals surface area contributed by atoms with Crippen molar-refractivity contribution < 1.29 is 18.8 Å². The van der Waals surface area contributed by atoms with Crippen molar-refractivity contribution in [1.29, 1.82) is 0 Å². The van der Waals surface area contributed by atoms with E-state index in [1.54, 1.807) is 13.0 Å². The third-order valence-electron chi connectivity index (χ3n) is 4.68. The van der Waals surface area contributed by atoms with Crippen LogP contribution >= 0.6 is 0 Å². The van der Waals surface area contributed by atoms with Gasteiger partial charge in [-0.15, -0.1) is 10.2 Å². The molecule has 0 aliphatic heterocycles. The molecule has 0 bridgehead atoms. The van der Waals surface area contributed by atoms with Crippen LogP contribution in [0.1, 0.15) is 48.1 Å². The van der Waals surface area contributed by atoms with Crippen molar-refractivity contribution in [2.45, 2.75) is 38.3 Å². The molecule has 3 aromatic rings. The van der Waals surface area contributed by atoms with Gasteiger partial charge in [0.25, 0.3) is 5.91 Å². The molecule has 2 heterocycles. The Hall–Kier alpha value is -3.00. The Balaban J connectivity index is 1.27. The van der Waals surface area contributed by atoms with Gasteiger partial charge in [-0.2, -0.15) is 0 Å². The fourth-order valence-corrected chi connectivity index (χ4v) is 3.17. The molecule has 27 heavy (non-hydrogen) atoms. The number of benzene rings is 1. The highest BCUT2D eigenvalue weighted by atomic mass is 16.5. The van der Waals surface area contributed by atoms with E-state index in [0.29, 0.717) is 24.0 Å². The fourth-order valence-electron chi connectivity index (χ4n) is 3.17. The number of rotatable bonds is 6. The second-order valence-electron chi connectivity index (χ2n) is 6.86. The number of amides is 1. The molecule has 2 aromatic heterocycles. The minimum absolute atomic E-state index is 0.0959. The first kappa shape index (κ1) is 17.4. The van der Waals surface area contributed by atoms with Gasteiger partial charge >= 0.3 is 0 Å². The van der Waals surface area contributed by atoms with Crippen molar-refractivity contribution >= 4 is 5.91 Å². The average molecular weight is 368 g/mol. The molecule has 1 fully saturated rings. The van der Waals surface area contributed by atoms with E-state index in [4.69, 9.17) is 8.94 Å². The van der Waals surface area contributed by atoms with Gasteiger partial charge in [0.2, 0.25) is 11.8 Å². The second-order valence-corrected chi connectivity index (χ2v) is 6.86. The number of aromatic nitrogens is 3. The van der Waals surface area contributed by atoms with Gasteiger partial charge in [-0.3, -0.25) is 4.79 Å². The lowest BCUT2D eigenvalue weighted by Crippen LogP contribution is -2.45. The van der Waals surface area contributed by atoms with Gasteiger partial charge in [0.15, 0.2) is 11.5 Å². The summed E-state index contributed by atoms with van der Waals surface area (Å²) in [6.45, 7) is 1.58. The first-order valence-corrected chi connectivity index (χ1v) is 8.92. The standard InChI is InChI=1S/C19H20N4O4/c1-11(24)19-22-21-17(26-19)9-12-7-14(8-12)20-18(25)15-10-16(27-23-15)13-5-3-2-4-6-13/h2-6,10-12,14,24H,7-9H2,1H3,(H,20,25)/t11?,12-,14+. The molecule has 0 radical (unpaired) electrons. The Morgan fingerprint density at radius 2 is 2.07 bits per heavy atom. The quantitative estimate of drug-likeness (QED) is 0.687. The summed E-state index contributed by atoms with van der Waals surface area (Å²) >= 11 is 0. The zero-order chi connectivity index (χ0) is 18.8. The molecule has 8 heteroatoms. The third-order valence-corrected chi connectivity index (χ3v) is 4.68. The molecule has 1 amide bonds. The van der Waals surface area contributed by atoms with E-state index < -0.39 is 6.10 Å². The highest BCUT2D eigenvalue weighted by molar-refractivity contribution is 5.93. The number of hydrogen-bond acceptors (Lipinski definition) is 7. The molecule has 0 spiro atoms. The van der Waals surface area contributed by atoms with Crippen molar-refractivity contribution in [1.82, 2.24) is 20.7 Å². The molecule has 1 aliphatic rings. The predicted octanol–water partition coefficient (Wildman–Crippen LogP) is 2.53. The maximum atomic E-state index is 12.3. The summed E-state index contributed by atoms with van der Waals surface area (Å²) in [5, 5.41) is 24.0. The van der Waals surface area contributed by atoms with Crippen molar-refractivity contribution in [3.05, 3.63) is 53.9 Å². The van der Waals surface area contributed by atoms with Crippen LogP contribution in [0.4, 0.5) is 0 Å². The van der Waals surface area contributed by atoms with E-state index in [0.717, 1.165) is 18.4 Å². The average Bonchev–Trinajstić information content (AvgIpc) is 3.30. The van der Waals surface area contributed by atoms with Crippen LogP contribution in [0, 0.1) is 5.92 Å². The van der Waals surface area contributed by atoms with Crippen molar-refractivity contribution in [2.75, 3.05) is 0 Å². The minimum atomic E-state index is -0.761. The Kier molecular flexibility index (Phi) is 4.72. The number of carbonyl (C=O) groups is 1. The SMILES string of the molecule is CC(O)c1nnc(C[C@H]2C[C@@H](NC(=O)c3cc(-c4ccccc4)on3)C2)o1. The van der Waals surface area contributed by atoms with E-state index in [1.807, 2.05) is 30.3 Å². The van der Waals surface area contributed by atoms with Crippen LogP contribution in [0.15, 0.2) is 45.3 Å². The lowest BCUT2D eigenvalue weighted by Gasteiger charge is -2.34. The van der Waals surface area contributed by atoms with Crippen molar-refractivity contribution in [3.8, 4) is 11.3 Å². The van der Waals surface area contributed by atoms with Crippen LogP contribution in [0.5, 0.6) is 0 Å². The van der Waals surface area contributed by atoms with E-state index in [1.165, 1.54) is 0 Å². The van der Waals surface area contributed by atoms with E-state index >= 15 is 0 Å². The number of aliphatic hydroxyl groups is 1. The maximum absolute atomic E-state index is 12.3. The zero-order valence-electron chi connectivity index (χ0n) is 14.8. The van der Waals surface area contributed by atoms with Crippen LogP contribution in [-0.4, -0.2) is 32.4 Å². The summed E-state index contributed by atoms with van der Waals surface area (Å²) in [5.74, 6) is 1.45. The minimum Gasteiger partial charge on any atom is -0.422 e. The van der Waals surface area contributed by atoms with Gasteiger partial charge in [-0.25, -0.2) is 0 Å². The molecule has 8 nitrogen and oxygen atoms in total. The lowest BCUT2D eigenvalue weighted by atomic mass is 9.78. The Morgan fingerprint density at radius 3 is 2.78 bits per heavy atom. The topological polar surface area (TPSA) is 114 Å².